The summed E-state index contributed by atoms with van der Waals surface area (Å²) in [6.07, 6.45) is 2.36. The number of para-hydroxylation sites is 1. The van der Waals surface area contributed by atoms with Crippen molar-refractivity contribution in [2.45, 2.75) is 18.9 Å². The third-order valence-electron chi connectivity index (χ3n) is 5.70. The first-order valence-corrected chi connectivity index (χ1v) is 10.9. The Morgan fingerprint density at radius 3 is 2.69 bits per heavy atom. The number of benzene rings is 2. The largest absolute Gasteiger partial charge is 0.360 e. The van der Waals surface area contributed by atoms with E-state index in [0.29, 0.717) is 19.0 Å². The molecule has 1 aromatic heterocycles. The molecule has 1 aliphatic carbocycles. The highest BCUT2D eigenvalue weighted by Gasteiger charge is 2.38. The molecule has 2 aliphatic rings. The average Bonchev–Trinajstić information content (AvgIpc) is 3.46. The van der Waals surface area contributed by atoms with Gasteiger partial charge in [0.25, 0.3) is 0 Å². The molecule has 1 aliphatic heterocycles. The highest BCUT2D eigenvalue weighted by Crippen LogP contribution is 2.31. The molecule has 148 valence electrons. The predicted octanol–water partition coefficient (Wildman–Crippen LogP) is 3.65. The average molecular weight is 406 g/mol. The molecule has 1 unspecified atom stereocenters. The molecule has 0 spiro atoms. The summed E-state index contributed by atoms with van der Waals surface area (Å²) in [6, 6.07) is 17.4. The van der Waals surface area contributed by atoms with Crippen LogP contribution >= 0.6 is 11.3 Å². The quantitative estimate of drug-likeness (QED) is 0.705. The molecule has 0 bridgehead atoms. The van der Waals surface area contributed by atoms with E-state index < -0.39 is 6.04 Å². The molecule has 5 rings (SSSR count). The highest BCUT2D eigenvalue weighted by molar-refractivity contribution is 7.17. The molecule has 0 radical (unpaired) electrons. The molecule has 5 nitrogen and oxygen atoms in total. The van der Waals surface area contributed by atoms with Crippen molar-refractivity contribution in [3.8, 4) is 0 Å². The fourth-order valence-electron chi connectivity index (χ4n) is 3.91. The van der Waals surface area contributed by atoms with Gasteiger partial charge in [-0.1, -0.05) is 24.3 Å². The summed E-state index contributed by atoms with van der Waals surface area (Å²) < 4.78 is 1.12. The van der Waals surface area contributed by atoms with Gasteiger partial charge in [-0.2, -0.15) is 0 Å². The number of fused-ring (bicyclic) bond motifs is 1. The Kier molecular flexibility index (Phi) is 4.72. The maximum atomic E-state index is 13.2. The molecule has 6 heteroatoms. The zero-order valence-electron chi connectivity index (χ0n) is 16.1. The normalized spacial score (nSPS) is 19.6. The second-order valence-electron chi connectivity index (χ2n) is 7.83. The van der Waals surface area contributed by atoms with Crippen molar-refractivity contribution in [2.75, 3.05) is 29.4 Å². The Morgan fingerprint density at radius 1 is 1.07 bits per heavy atom. The smallest absolute Gasteiger partial charge is 0.247 e. The summed E-state index contributed by atoms with van der Waals surface area (Å²) in [5, 5.41) is 6.28. The molecule has 1 saturated carbocycles. The van der Waals surface area contributed by atoms with E-state index in [1.165, 1.54) is 12.8 Å². The first kappa shape index (κ1) is 18.2. The fourth-order valence-corrected chi connectivity index (χ4v) is 4.73. The Balaban J connectivity index is 1.46. The van der Waals surface area contributed by atoms with Gasteiger partial charge in [0.2, 0.25) is 11.8 Å². The van der Waals surface area contributed by atoms with Gasteiger partial charge in [-0.05, 0) is 59.9 Å². The Labute approximate surface area is 173 Å². The number of anilines is 2. The molecule has 1 atom stereocenters. The van der Waals surface area contributed by atoms with Crippen molar-refractivity contribution < 1.29 is 9.59 Å². The van der Waals surface area contributed by atoms with Gasteiger partial charge in [0.15, 0.2) is 0 Å². The van der Waals surface area contributed by atoms with Crippen LogP contribution in [0.2, 0.25) is 0 Å². The monoisotopic (exact) mass is 405 g/mol. The van der Waals surface area contributed by atoms with Gasteiger partial charge in [-0.15, -0.1) is 11.3 Å². The van der Waals surface area contributed by atoms with Crippen LogP contribution in [-0.2, 0) is 9.59 Å². The maximum Gasteiger partial charge on any atom is 0.247 e. The lowest BCUT2D eigenvalue weighted by Crippen LogP contribution is -2.62. The van der Waals surface area contributed by atoms with Crippen LogP contribution in [0.25, 0.3) is 10.1 Å². The van der Waals surface area contributed by atoms with Crippen LogP contribution in [0.5, 0.6) is 0 Å². The van der Waals surface area contributed by atoms with E-state index in [2.05, 4.69) is 11.4 Å². The van der Waals surface area contributed by atoms with Crippen molar-refractivity contribution in [1.82, 2.24) is 5.32 Å². The lowest BCUT2D eigenvalue weighted by atomic mass is 10.1. The zero-order valence-corrected chi connectivity index (χ0v) is 16.9. The summed E-state index contributed by atoms with van der Waals surface area (Å²) in [7, 11) is 0. The number of thiophene rings is 1. The number of nitrogens with zero attached hydrogens (tertiary/aromatic N) is 2. The Morgan fingerprint density at radius 2 is 1.90 bits per heavy atom. The number of hydrogen-bond acceptors (Lipinski definition) is 4. The van der Waals surface area contributed by atoms with Gasteiger partial charge in [-0.25, -0.2) is 0 Å². The lowest BCUT2D eigenvalue weighted by molar-refractivity contribution is -0.126. The van der Waals surface area contributed by atoms with Crippen molar-refractivity contribution in [3.05, 3.63) is 60.0 Å². The summed E-state index contributed by atoms with van der Waals surface area (Å²) >= 11 is 1.65. The minimum Gasteiger partial charge on any atom is -0.360 e. The van der Waals surface area contributed by atoms with Crippen molar-refractivity contribution in [1.29, 1.82) is 0 Å². The molecular weight excluding hydrogens is 382 g/mol. The zero-order chi connectivity index (χ0) is 19.8. The number of nitrogens with one attached hydrogen (secondary N) is 1. The number of hydrogen-bond donors (Lipinski definition) is 1. The summed E-state index contributed by atoms with van der Waals surface area (Å²) in [4.78, 5) is 30.0. The Hall–Kier alpha value is -2.86. The van der Waals surface area contributed by atoms with Crippen molar-refractivity contribution in [3.63, 3.8) is 0 Å². The maximum absolute atomic E-state index is 13.2. The molecule has 3 aromatic rings. The second-order valence-corrected chi connectivity index (χ2v) is 8.77. The van der Waals surface area contributed by atoms with Gasteiger partial charge in [0, 0.05) is 29.2 Å². The van der Waals surface area contributed by atoms with Crippen LogP contribution in [0.1, 0.15) is 12.8 Å². The minimum absolute atomic E-state index is 0.0532. The lowest BCUT2D eigenvalue weighted by Gasteiger charge is -2.41. The number of carbonyl (C=O) groups excluding carboxylic acids is 2. The third kappa shape index (κ3) is 3.72. The van der Waals surface area contributed by atoms with E-state index in [4.69, 9.17) is 0 Å². The van der Waals surface area contributed by atoms with E-state index in [1.54, 1.807) is 16.2 Å². The van der Waals surface area contributed by atoms with Crippen LogP contribution in [0.3, 0.4) is 0 Å². The van der Waals surface area contributed by atoms with Gasteiger partial charge in [-0.3, -0.25) is 14.5 Å². The predicted molar refractivity (Wildman–Crippen MR) is 117 cm³/mol. The van der Waals surface area contributed by atoms with Gasteiger partial charge < -0.3 is 10.2 Å². The Bertz CT molecular complexity index is 1040. The number of carbonyl (C=O) groups is 2. The molecule has 2 heterocycles. The number of piperazine rings is 1. The molecule has 2 aromatic carbocycles. The summed E-state index contributed by atoms with van der Waals surface area (Å²) in [5.41, 5.74) is 1.76. The first-order chi connectivity index (χ1) is 14.2. The van der Waals surface area contributed by atoms with Gasteiger partial charge in [0.1, 0.15) is 6.04 Å². The highest BCUT2D eigenvalue weighted by atomic mass is 32.1. The number of amides is 2. The van der Waals surface area contributed by atoms with Gasteiger partial charge in [0.05, 0.1) is 6.54 Å². The first-order valence-electron chi connectivity index (χ1n) is 10.1. The second kappa shape index (κ2) is 7.52. The standard InChI is InChI=1S/C23H23N3O2S/c27-22-15-25(18-4-2-1-3-5-18)14-20(23(28)24-13-16-6-7-16)26(22)19-9-8-17-10-11-29-21(17)12-19/h1-5,8-12,16,20H,6-7,13-15H2,(H,24,28). The fraction of sp³-hybridized carbons (Fsp3) is 0.304. The topological polar surface area (TPSA) is 52.7 Å². The SMILES string of the molecule is O=C(NCC1CC1)C1CN(c2ccccc2)CC(=O)N1c1ccc2ccsc2c1. The van der Waals surface area contributed by atoms with E-state index in [0.717, 1.165) is 21.5 Å². The molecule has 29 heavy (non-hydrogen) atoms. The molecule has 1 saturated heterocycles. The molecule has 2 fully saturated rings. The van der Waals surface area contributed by atoms with Gasteiger partial charge >= 0.3 is 0 Å². The summed E-state index contributed by atoms with van der Waals surface area (Å²) in [6.45, 7) is 1.44. The van der Waals surface area contributed by atoms with Crippen LogP contribution in [0.4, 0.5) is 11.4 Å². The van der Waals surface area contributed by atoms with Crippen molar-refractivity contribution in [2.24, 2.45) is 5.92 Å². The molecular formula is C23H23N3O2S. The van der Waals surface area contributed by atoms with Crippen molar-refractivity contribution >= 4 is 44.6 Å². The minimum atomic E-state index is -0.549. The van der Waals surface area contributed by atoms with Crippen LogP contribution in [-0.4, -0.2) is 37.5 Å². The van der Waals surface area contributed by atoms with Crippen LogP contribution in [0.15, 0.2) is 60.0 Å². The summed E-state index contributed by atoms with van der Waals surface area (Å²) in [5.74, 6) is 0.471. The van der Waals surface area contributed by atoms with E-state index in [1.807, 2.05) is 58.8 Å². The van der Waals surface area contributed by atoms with E-state index in [-0.39, 0.29) is 18.4 Å². The van der Waals surface area contributed by atoms with E-state index in [9.17, 15) is 9.59 Å². The molecule has 2 amide bonds. The van der Waals surface area contributed by atoms with Crippen LogP contribution < -0.4 is 15.1 Å². The number of rotatable bonds is 5. The van der Waals surface area contributed by atoms with E-state index >= 15 is 0 Å². The third-order valence-corrected chi connectivity index (χ3v) is 6.58. The molecule has 1 N–H and O–H groups in total. The van der Waals surface area contributed by atoms with Crippen LogP contribution in [0, 0.1) is 5.92 Å².